The topological polar surface area (TPSA) is 88.2 Å². The number of benzene rings is 11. The van der Waals surface area contributed by atoms with E-state index in [0.29, 0.717) is 17.0 Å². The van der Waals surface area contributed by atoms with Crippen molar-refractivity contribution >= 4 is 65.4 Å². The second-order valence-electron chi connectivity index (χ2n) is 20.0. The molecule has 0 amide bonds. The molecule has 11 aromatic carbocycles. The molecule has 7 nitrogen and oxygen atoms in total. The molecular weight excluding hydrogens is 963 g/mol. The molecule has 0 aliphatic carbocycles. The molecule has 4 heterocycles. The Kier molecular flexibility index (Phi) is 10.5. The summed E-state index contributed by atoms with van der Waals surface area (Å²) in [4.78, 5) is 10.7. The van der Waals surface area contributed by atoms with E-state index in [1.807, 2.05) is 72.8 Å². The lowest BCUT2D eigenvalue weighted by Crippen LogP contribution is -2.04. The van der Waals surface area contributed by atoms with Crippen molar-refractivity contribution in [1.82, 2.24) is 23.7 Å². The number of fused-ring (bicyclic) bond motifs is 9. The minimum Gasteiger partial charge on any atom is -0.309 e. The Morgan fingerprint density at radius 2 is 0.658 bits per heavy atom. The number of aromatic nitrogens is 5. The summed E-state index contributed by atoms with van der Waals surface area (Å²) >= 11 is 0. The average molecular weight is 1010 g/mol. The first-order valence-corrected chi connectivity index (χ1v) is 26.3. The lowest BCUT2D eigenvalue weighted by Gasteiger charge is -2.22. The minimum absolute atomic E-state index is 0.537. The van der Waals surface area contributed by atoms with Crippen LogP contribution in [0.15, 0.2) is 261 Å². The van der Waals surface area contributed by atoms with Crippen LogP contribution < -0.4 is 0 Å². The first kappa shape index (κ1) is 45.3. The molecule has 7 heteroatoms. The van der Waals surface area contributed by atoms with Gasteiger partial charge >= 0.3 is 0 Å². The van der Waals surface area contributed by atoms with Gasteiger partial charge in [-0.15, -0.1) is 0 Å². The summed E-state index contributed by atoms with van der Waals surface area (Å²) in [5, 5.41) is 27.2. The van der Waals surface area contributed by atoms with Crippen LogP contribution >= 0.6 is 0 Å². The van der Waals surface area contributed by atoms with E-state index in [0.717, 1.165) is 111 Å². The van der Waals surface area contributed by atoms with E-state index in [4.69, 9.17) is 9.97 Å². The molecule has 0 fully saturated rings. The Bertz CT molecular complexity index is 4630. The number of nitrogens with zero attached hydrogens (tertiary/aromatic N) is 7. The first-order chi connectivity index (χ1) is 39.1. The molecule has 0 spiro atoms. The largest absolute Gasteiger partial charge is 0.309 e. The Morgan fingerprint density at radius 1 is 0.278 bits per heavy atom. The predicted molar refractivity (Wildman–Crippen MR) is 322 cm³/mol. The highest BCUT2D eigenvalue weighted by atomic mass is 15.0. The molecule has 4 aromatic heterocycles. The summed E-state index contributed by atoms with van der Waals surface area (Å²) in [6.07, 6.45) is 0. The average Bonchev–Trinajstić information content (AvgIpc) is 4.36. The van der Waals surface area contributed by atoms with Crippen LogP contribution in [-0.2, 0) is 0 Å². The Hall–Kier alpha value is -11.1. The molecule has 0 radical (unpaired) electrons. The van der Waals surface area contributed by atoms with Gasteiger partial charge in [0, 0.05) is 71.5 Å². The van der Waals surface area contributed by atoms with E-state index in [1.165, 1.54) is 21.5 Å². The molecule has 0 saturated carbocycles. The zero-order valence-corrected chi connectivity index (χ0v) is 42.5. The molecule has 366 valence electrons. The monoisotopic (exact) mass is 1010 g/mol. The SMILES string of the molecule is N#Cc1ccc2c(c1)c1cc(C#N)ccc1n2-c1c(-c2cccc(-n3c4ccccc4c4ccccc43)c2)cc(-c2cc(-c3ccccc3)nc(-c3ccccc3)n2)cc1-c1cccc(-n2c3ccccc3c3ccccc32)c1. The Labute approximate surface area is 454 Å². The van der Waals surface area contributed by atoms with Crippen LogP contribution in [-0.4, -0.2) is 23.7 Å². The standard InChI is InChI=1S/C72H43N7/c73-44-46-33-35-69-61(37-46)62-38-47(45-74)34-36-70(62)79(69)71-59(50-21-15-23-53(39-50)77-65-29-11-7-25-55(65)56-26-8-12-30-66(56)77)41-52(64-43-63(48-17-3-1-4-18-48)75-72(76-64)49-19-5-2-6-20-49)42-60(71)51-22-16-24-54(40-51)78-67-31-13-9-27-57(67)58-28-10-14-32-68(58)78/h1-43H. The van der Waals surface area contributed by atoms with E-state index < -0.39 is 0 Å². The van der Waals surface area contributed by atoms with E-state index in [-0.39, 0.29) is 0 Å². The fourth-order valence-corrected chi connectivity index (χ4v) is 12.0. The summed E-state index contributed by atoms with van der Waals surface area (Å²) in [6, 6.07) is 95.9. The van der Waals surface area contributed by atoms with Gasteiger partial charge in [-0.2, -0.15) is 10.5 Å². The first-order valence-electron chi connectivity index (χ1n) is 26.3. The fourth-order valence-electron chi connectivity index (χ4n) is 12.0. The molecular formula is C72H43N7. The highest BCUT2D eigenvalue weighted by Crippen LogP contribution is 2.46. The lowest BCUT2D eigenvalue weighted by atomic mass is 9.91. The van der Waals surface area contributed by atoms with Crippen molar-refractivity contribution in [3.8, 4) is 85.4 Å². The third-order valence-corrected chi connectivity index (χ3v) is 15.5. The molecule has 0 N–H and O–H groups in total. The van der Waals surface area contributed by atoms with Gasteiger partial charge in [-0.25, -0.2) is 9.97 Å². The number of rotatable bonds is 8. The van der Waals surface area contributed by atoms with Crippen LogP contribution in [0.2, 0.25) is 0 Å². The summed E-state index contributed by atoms with van der Waals surface area (Å²) in [5.41, 5.74) is 18.5. The number of hydrogen-bond acceptors (Lipinski definition) is 4. The molecule has 0 aliphatic rings. The smallest absolute Gasteiger partial charge is 0.160 e. The third kappa shape index (κ3) is 7.41. The van der Waals surface area contributed by atoms with Crippen LogP contribution in [0.4, 0.5) is 0 Å². The van der Waals surface area contributed by atoms with Crippen molar-refractivity contribution in [2.75, 3.05) is 0 Å². The second kappa shape index (κ2) is 18.3. The Morgan fingerprint density at radius 3 is 1.10 bits per heavy atom. The van der Waals surface area contributed by atoms with E-state index in [1.54, 1.807) is 0 Å². The minimum atomic E-state index is 0.537. The summed E-state index contributed by atoms with van der Waals surface area (Å²) in [6.45, 7) is 0. The number of hydrogen-bond donors (Lipinski definition) is 0. The maximum atomic E-state index is 10.4. The normalized spacial score (nSPS) is 11.5. The van der Waals surface area contributed by atoms with Gasteiger partial charge in [-0.3, -0.25) is 0 Å². The molecule has 0 bridgehead atoms. The summed E-state index contributed by atoms with van der Waals surface area (Å²) in [5.74, 6) is 0.620. The second-order valence-corrected chi connectivity index (χ2v) is 20.0. The number of para-hydroxylation sites is 4. The highest BCUT2D eigenvalue weighted by Gasteiger charge is 2.25. The van der Waals surface area contributed by atoms with Crippen LogP contribution in [0.1, 0.15) is 11.1 Å². The maximum absolute atomic E-state index is 10.4. The van der Waals surface area contributed by atoms with E-state index >= 15 is 0 Å². The highest BCUT2D eigenvalue weighted by molar-refractivity contribution is 6.13. The van der Waals surface area contributed by atoms with Crippen molar-refractivity contribution in [1.29, 1.82) is 10.5 Å². The molecule has 79 heavy (non-hydrogen) atoms. The fraction of sp³-hybridized carbons (Fsp3) is 0. The van der Waals surface area contributed by atoms with Gasteiger partial charge in [0.1, 0.15) is 0 Å². The molecule has 0 aliphatic heterocycles. The zero-order chi connectivity index (χ0) is 52.6. The quantitative estimate of drug-likeness (QED) is 0.152. The zero-order valence-electron chi connectivity index (χ0n) is 42.5. The van der Waals surface area contributed by atoms with Gasteiger partial charge in [-0.05, 0) is 114 Å². The molecule has 15 rings (SSSR count). The van der Waals surface area contributed by atoms with Crippen LogP contribution in [0.25, 0.3) is 139 Å². The number of nitriles is 2. The van der Waals surface area contributed by atoms with E-state index in [2.05, 4.69) is 214 Å². The van der Waals surface area contributed by atoms with Crippen molar-refractivity contribution in [3.05, 3.63) is 272 Å². The lowest BCUT2D eigenvalue weighted by molar-refractivity contribution is 1.16. The summed E-state index contributed by atoms with van der Waals surface area (Å²) in [7, 11) is 0. The van der Waals surface area contributed by atoms with Gasteiger partial charge in [0.25, 0.3) is 0 Å². The molecule has 15 aromatic rings. The summed E-state index contributed by atoms with van der Waals surface area (Å²) < 4.78 is 7.07. The predicted octanol–water partition coefficient (Wildman–Crippen LogP) is 17.8. The molecule has 0 saturated heterocycles. The molecule has 0 unspecified atom stereocenters. The van der Waals surface area contributed by atoms with Crippen LogP contribution in [0.5, 0.6) is 0 Å². The Balaban J connectivity index is 1.09. The van der Waals surface area contributed by atoms with Gasteiger partial charge < -0.3 is 13.7 Å². The van der Waals surface area contributed by atoms with Gasteiger partial charge in [0.15, 0.2) is 5.82 Å². The van der Waals surface area contributed by atoms with Crippen LogP contribution in [0.3, 0.4) is 0 Å². The van der Waals surface area contributed by atoms with Crippen molar-refractivity contribution in [2.45, 2.75) is 0 Å². The van der Waals surface area contributed by atoms with Crippen molar-refractivity contribution in [2.24, 2.45) is 0 Å². The van der Waals surface area contributed by atoms with Crippen molar-refractivity contribution < 1.29 is 0 Å². The van der Waals surface area contributed by atoms with Gasteiger partial charge in [0.05, 0.1) is 73.4 Å². The van der Waals surface area contributed by atoms with Crippen LogP contribution in [0, 0.1) is 22.7 Å². The van der Waals surface area contributed by atoms with Gasteiger partial charge in [0.2, 0.25) is 0 Å². The molecule has 0 atom stereocenters. The third-order valence-electron chi connectivity index (χ3n) is 15.5. The van der Waals surface area contributed by atoms with E-state index in [9.17, 15) is 10.5 Å². The maximum Gasteiger partial charge on any atom is 0.160 e. The van der Waals surface area contributed by atoms with Gasteiger partial charge in [-0.1, -0.05) is 158 Å². The van der Waals surface area contributed by atoms with Crippen molar-refractivity contribution in [3.63, 3.8) is 0 Å².